The molecule has 0 saturated heterocycles. The van der Waals surface area contributed by atoms with Gasteiger partial charge in [-0.25, -0.2) is 4.39 Å². The van der Waals surface area contributed by atoms with Crippen molar-refractivity contribution in [1.29, 1.82) is 0 Å². The first-order valence-corrected chi connectivity index (χ1v) is 8.78. The molecule has 0 aliphatic rings. The van der Waals surface area contributed by atoms with Gasteiger partial charge in [0, 0.05) is 5.02 Å². The maximum absolute atomic E-state index is 13.2. The minimum atomic E-state index is -0.359. The zero-order valence-corrected chi connectivity index (χ0v) is 15.9. The molecule has 136 valence electrons. The first-order valence-electron chi connectivity index (χ1n) is 7.99. The molecule has 0 aliphatic heterocycles. The van der Waals surface area contributed by atoms with Crippen molar-refractivity contribution in [1.82, 2.24) is 15.1 Å². The lowest BCUT2D eigenvalue weighted by atomic mass is 10.2. The smallest absolute Gasteiger partial charge is 0.171 e. The number of furan rings is 1. The molecule has 5 nitrogen and oxygen atoms in total. The van der Waals surface area contributed by atoms with Gasteiger partial charge < -0.3 is 15.1 Å². The van der Waals surface area contributed by atoms with Crippen LogP contribution in [0.3, 0.4) is 0 Å². The minimum absolute atomic E-state index is 0.359. The topological polar surface area (TPSA) is 55.0 Å². The van der Waals surface area contributed by atoms with E-state index >= 15 is 0 Å². The van der Waals surface area contributed by atoms with Crippen molar-refractivity contribution in [3.8, 4) is 0 Å². The van der Waals surface area contributed by atoms with E-state index < -0.39 is 0 Å². The van der Waals surface area contributed by atoms with Crippen molar-refractivity contribution in [2.45, 2.75) is 26.9 Å². The molecule has 26 heavy (non-hydrogen) atoms. The van der Waals surface area contributed by atoms with Crippen LogP contribution in [0.1, 0.15) is 22.7 Å². The van der Waals surface area contributed by atoms with Crippen molar-refractivity contribution >= 4 is 34.6 Å². The standard InChI is InChI=1S/C18H18ClFN4OS/c1-11-17(22-18(26)21-9-15-4-3-7-25-15)12(2)24(23-11)10-13-5-6-14(20)8-16(13)19/h3-8H,9-10H2,1-2H3,(H2,21,22,26). The Morgan fingerprint density at radius 2 is 2.15 bits per heavy atom. The van der Waals surface area contributed by atoms with Crippen LogP contribution in [0.25, 0.3) is 0 Å². The number of benzene rings is 1. The number of rotatable bonds is 5. The van der Waals surface area contributed by atoms with Gasteiger partial charge in [0.1, 0.15) is 11.6 Å². The number of aromatic nitrogens is 2. The van der Waals surface area contributed by atoms with Crippen LogP contribution in [0.5, 0.6) is 0 Å². The minimum Gasteiger partial charge on any atom is -0.467 e. The number of thiocarbonyl (C=S) groups is 1. The summed E-state index contributed by atoms with van der Waals surface area (Å²) in [6.07, 6.45) is 1.62. The Bertz CT molecular complexity index is 924. The molecule has 2 N–H and O–H groups in total. The molecule has 2 heterocycles. The summed E-state index contributed by atoms with van der Waals surface area (Å²) in [4.78, 5) is 0. The van der Waals surface area contributed by atoms with Gasteiger partial charge in [0.05, 0.1) is 36.4 Å². The molecule has 2 aromatic heterocycles. The highest BCUT2D eigenvalue weighted by Crippen LogP contribution is 2.23. The van der Waals surface area contributed by atoms with Gasteiger partial charge in [-0.15, -0.1) is 0 Å². The molecule has 3 aromatic rings. The lowest BCUT2D eigenvalue weighted by Crippen LogP contribution is -2.28. The molecule has 1 aromatic carbocycles. The van der Waals surface area contributed by atoms with Crippen LogP contribution in [-0.2, 0) is 13.1 Å². The highest BCUT2D eigenvalue weighted by Gasteiger charge is 2.14. The number of nitrogens with one attached hydrogen (secondary N) is 2. The summed E-state index contributed by atoms with van der Waals surface area (Å²) in [5, 5.41) is 11.6. The average Bonchev–Trinajstić information content (AvgIpc) is 3.20. The number of halogens is 2. The summed E-state index contributed by atoms with van der Waals surface area (Å²) in [6.45, 7) is 4.78. The molecule has 0 atom stereocenters. The molecule has 0 radical (unpaired) electrons. The highest BCUT2D eigenvalue weighted by molar-refractivity contribution is 7.80. The van der Waals surface area contributed by atoms with E-state index in [4.69, 9.17) is 28.2 Å². The molecule has 8 heteroatoms. The maximum Gasteiger partial charge on any atom is 0.171 e. The van der Waals surface area contributed by atoms with Crippen molar-refractivity contribution in [3.05, 3.63) is 70.1 Å². The fraction of sp³-hybridized carbons (Fsp3) is 0.222. The number of nitrogens with zero attached hydrogens (tertiary/aromatic N) is 2. The third-order valence-electron chi connectivity index (χ3n) is 3.96. The van der Waals surface area contributed by atoms with Crippen LogP contribution in [0.2, 0.25) is 5.02 Å². The largest absolute Gasteiger partial charge is 0.467 e. The third kappa shape index (κ3) is 4.23. The number of hydrogen-bond acceptors (Lipinski definition) is 3. The van der Waals surface area contributed by atoms with Gasteiger partial charge in [-0.1, -0.05) is 17.7 Å². The summed E-state index contributed by atoms with van der Waals surface area (Å²) >= 11 is 11.5. The molecule has 0 unspecified atom stereocenters. The van der Waals surface area contributed by atoms with Gasteiger partial charge in [-0.2, -0.15) is 5.10 Å². The monoisotopic (exact) mass is 392 g/mol. The Kier molecular flexibility index (Phi) is 5.58. The van der Waals surface area contributed by atoms with Gasteiger partial charge in [-0.05, 0) is 55.9 Å². The van der Waals surface area contributed by atoms with Gasteiger partial charge in [0.2, 0.25) is 0 Å². The Hall–Kier alpha value is -2.38. The van der Waals surface area contributed by atoms with Crippen molar-refractivity contribution in [3.63, 3.8) is 0 Å². The Labute approximate surface area is 161 Å². The summed E-state index contributed by atoms with van der Waals surface area (Å²) in [5.41, 5.74) is 3.34. The van der Waals surface area contributed by atoms with Gasteiger partial charge >= 0.3 is 0 Å². The molecule has 0 aliphatic carbocycles. The Balaban J connectivity index is 1.70. The zero-order chi connectivity index (χ0) is 18.7. The van der Waals surface area contributed by atoms with Crippen LogP contribution in [0, 0.1) is 19.7 Å². The van der Waals surface area contributed by atoms with E-state index in [9.17, 15) is 4.39 Å². The van der Waals surface area contributed by atoms with Gasteiger partial charge in [0.15, 0.2) is 5.11 Å². The molecule has 0 spiro atoms. The fourth-order valence-corrected chi connectivity index (χ4v) is 2.98. The predicted molar refractivity (Wildman–Crippen MR) is 104 cm³/mol. The normalized spacial score (nSPS) is 10.8. The second-order valence-corrected chi connectivity index (χ2v) is 6.64. The van der Waals surface area contributed by atoms with E-state index in [0.717, 1.165) is 28.4 Å². The highest BCUT2D eigenvalue weighted by atomic mass is 35.5. The van der Waals surface area contributed by atoms with E-state index in [-0.39, 0.29) is 5.82 Å². The lowest BCUT2D eigenvalue weighted by Gasteiger charge is -2.11. The summed E-state index contributed by atoms with van der Waals surface area (Å²) in [7, 11) is 0. The summed E-state index contributed by atoms with van der Waals surface area (Å²) in [5.74, 6) is 0.437. The van der Waals surface area contributed by atoms with Crippen LogP contribution < -0.4 is 10.6 Å². The van der Waals surface area contributed by atoms with Gasteiger partial charge in [0.25, 0.3) is 0 Å². The van der Waals surface area contributed by atoms with E-state index in [2.05, 4.69) is 15.7 Å². The van der Waals surface area contributed by atoms with Crippen molar-refractivity contribution in [2.75, 3.05) is 5.32 Å². The SMILES string of the molecule is Cc1nn(Cc2ccc(F)cc2Cl)c(C)c1NC(=S)NCc1ccco1. The average molecular weight is 393 g/mol. The molecule has 0 saturated carbocycles. The van der Waals surface area contributed by atoms with E-state index in [0.29, 0.717) is 23.2 Å². The molecule has 0 fully saturated rings. The van der Waals surface area contributed by atoms with Crippen LogP contribution in [0.4, 0.5) is 10.1 Å². The molecule has 3 rings (SSSR count). The molecule has 0 bridgehead atoms. The Morgan fingerprint density at radius 3 is 2.85 bits per heavy atom. The third-order valence-corrected chi connectivity index (χ3v) is 4.56. The van der Waals surface area contributed by atoms with E-state index in [1.807, 2.05) is 30.7 Å². The second kappa shape index (κ2) is 7.88. The molecule has 0 amide bonds. The zero-order valence-electron chi connectivity index (χ0n) is 14.3. The van der Waals surface area contributed by atoms with Crippen LogP contribution in [0.15, 0.2) is 41.0 Å². The number of hydrogen-bond donors (Lipinski definition) is 2. The van der Waals surface area contributed by atoms with Crippen LogP contribution in [-0.4, -0.2) is 14.9 Å². The van der Waals surface area contributed by atoms with Gasteiger partial charge in [-0.3, -0.25) is 4.68 Å². The first kappa shape index (κ1) is 18.4. The lowest BCUT2D eigenvalue weighted by molar-refractivity contribution is 0.503. The van der Waals surface area contributed by atoms with Crippen molar-refractivity contribution in [2.24, 2.45) is 0 Å². The number of anilines is 1. The quantitative estimate of drug-likeness (QED) is 0.629. The summed E-state index contributed by atoms with van der Waals surface area (Å²) in [6, 6.07) is 8.05. The first-order chi connectivity index (χ1) is 12.4. The maximum atomic E-state index is 13.2. The van der Waals surface area contributed by atoms with E-state index in [1.165, 1.54) is 12.1 Å². The van der Waals surface area contributed by atoms with Crippen LogP contribution >= 0.6 is 23.8 Å². The summed E-state index contributed by atoms with van der Waals surface area (Å²) < 4.78 is 20.3. The fourth-order valence-electron chi connectivity index (χ4n) is 2.58. The second-order valence-electron chi connectivity index (χ2n) is 5.83. The Morgan fingerprint density at radius 1 is 1.35 bits per heavy atom. The predicted octanol–water partition coefficient (Wildman–Crippen LogP) is 4.42. The van der Waals surface area contributed by atoms with E-state index in [1.54, 1.807) is 12.3 Å². The van der Waals surface area contributed by atoms with Crippen molar-refractivity contribution < 1.29 is 8.81 Å². The molecular formula is C18H18ClFN4OS. The number of aryl methyl sites for hydroxylation is 1. The molecular weight excluding hydrogens is 375 g/mol.